The second-order valence-corrected chi connectivity index (χ2v) is 11.1. The van der Waals surface area contributed by atoms with Crippen molar-refractivity contribution in [1.82, 2.24) is 15.2 Å². The summed E-state index contributed by atoms with van der Waals surface area (Å²) in [6.07, 6.45) is 2.49. The van der Waals surface area contributed by atoms with Gasteiger partial charge in [-0.2, -0.15) is 0 Å². The molecule has 1 fully saturated rings. The molecule has 0 aliphatic carbocycles. The van der Waals surface area contributed by atoms with E-state index in [1.807, 2.05) is 0 Å². The van der Waals surface area contributed by atoms with Gasteiger partial charge in [0.15, 0.2) is 10.8 Å². The predicted molar refractivity (Wildman–Crippen MR) is 143 cm³/mol. The average Bonchev–Trinajstić information content (AvgIpc) is 3.49. The predicted octanol–water partition coefficient (Wildman–Crippen LogP) is 5.31. The molecule has 39 heavy (non-hydrogen) atoms. The summed E-state index contributed by atoms with van der Waals surface area (Å²) in [6.45, 7) is 1.22. The number of carboxylic acids is 1. The Bertz CT molecular complexity index is 1270. The van der Waals surface area contributed by atoms with Crippen molar-refractivity contribution < 1.29 is 32.6 Å². The van der Waals surface area contributed by atoms with Crippen LogP contribution in [0.3, 0.4) is 0 Å². The third kappa shape index (κ3) is 7.25. The first-order valence-corrected chi connectivity index (χ1v) is 14.2. The van der Waals surface area contributed by atoms with E-state index in [-0.39, 0.29) is 31.6 Å². The minimum Gasteiger partial charge on any atom is -0.481 e. The van der Waals surface area contributed by atoms with Crippen molar-refractivity contribution in [3.8, 4) is 0 Å². The number of thiazole rings is 1. The van der Waals surface area contributed by atoms with E-state index >= 15 is 0 Å². The van der Waals surface area contributed by atoms with Crippen molar-refractivity contribution >= 4 is 45.0 Å². The molecule has 13 heteroatoms. The Kier molecular flexibility index (Phi) is 9.44. The summed E-state index contributed by atoms with van der Waals surface area (Å²) in [6, 6.07) is 2.63. The van der Waals surface area contributed by atoms with Crippen LogP contribution < -0.4 is 5.32 Å². The van der Waals surface area contributed by atoms with Gasteiger partial charge in [-0.15, -0.1) is 11.3 Å². The molecule has 0 radical (unpaired) electrons. The third-order valence-electron chi connectivity index (χ3n) is 6.54. The number of esters is 1. The molecule has 1 aromatic heterocycles. The summed E-state index contributed by atoms with van der Waals surface area (Å²) >= 11 is 4.69. The number of carbonyl (C=O) groups excluding carboxylic acids is 1. The highest BCUT2D eigenvalue weighted by molar-refractivity contribution is 9.10. The minimum absolute atomic E-state index is 0.0208. The van der Waals surface area contributed by atoms with Gasteiger partial charge in [0.05, 0.1) is 18.7 Å². The lowest BCUT2D eigenvalue weighted by Crippen LogP contribution is -2.41. The molecule has 0 unspecified atom stereocenters. The van der Waals surface area contributed by atoms with Crippen LogP contribution in [0.15, 0.2) is 50.5 Å². The molecule has 1 saturated heterocycles. The van der Waals surface area contributed by atoms with E-state index in [0.717, 1.165) is 0 Å². The number of nitrogens with zero attached hydrogens (tertiary/aromatic N) is 3. The number of aliphatic carboxylic acids is 1. The monoisotopic (exact) mass is 628 g/mol. The Labute approximate surface area is 236 Å². The summed E-state index contributed by atoms with van der Waals surface area (Å²) in [5.41, 5.74) is 0.997. The number of likely N-dealkylation sites (tertiary alicyclic amines) is 1. The normalized spacial score (nSPS) is 21.0. The van der Waals surface area contributed by atoms with Crippen LogP contribution in [0.25, 0.3) is 0 Å². The van der Waals surface area contributed by atoms with Crippen molar-refractivity contribution in [3.05, 3.63) is 61.9 Å². The highest BCUT2D eigenvalue weighted by Gasteiger charge is 2.45. The highest BCUT2D eigenvalue weighted by atomic mass is 79.9. The van der Waals surface area contributed by atoms with Crippen molar-refractivity contribution in [2.75, 3.05) is 19.7 Å². The van der Waals surface area contributed by atoms with E-state index in [1.54, 1.807) is 23.4 Å². The number of aromatic nitrogens is 1. The van der Waals surface area contributed by atoms with Crippen LogP contribution in [0, 0.1) is 5.82 Å². The maximum Gasteiger partial charge on any atom is 0.338 e. The number of rotatable bonds is 11. The number of ether oxygens (including phenoxy) is 1. The summed E-state index contributed by atoms with van der Waals surface area (Å²) in [5, 5.41) is 14.4. The molecule has 4 rings (SSSR count). The molecular weight excluding hydrogens is 601 g/mol. The van der Waals surface area contributed by atoms with Crippen molar-refractivity contribution in [1.29, 1.82) is 0 Å². The number of aliphatic imine (C=N–C) groups is 1. The molecule has 1 aromatic carbocycles. The van der Waals surface area contributed by atoms with Crippen molar-refractivity contribution in [2.24, 2.45) is 4.99 Å². The van der Waals surface area contributed by atoms with E-state index in [0.29, 0.717) is 45.8 Å². The maximum atomic E-state index is 14.6. The number of carboxylic acid groups (broad SMARTS) is 1. The molecule has 3 heterocycles. The smallest absolute Gasteiger partial charge is 0.338 e. The van der Waals surface area contributed by atoms with Crippen LogP contribution in [0.5, 0.6) is 0 Å². The number of nitrogens with one attached hydrogen (secondary N) is 1. The topological polar surface area (TPSA) is 104 Å². The van der Waals surface area contributed by atoms with E-state index in [2.05, 4.69) is 26.2 Å². The van der Waals surface area contributed by atoms with Gasteiger partial charge < -0.3 is 15.2 Å². The molecular formula is C26H28BrF3N4O4S. The Balaban J connectivity index is 1.73. The first kappa shape index (κ1) is 29.2. The number of hydrogen-bond donors (Lipinski definition) is 2. The van der Waals surface area contributed by atoms with Gasteiger partial charge in [-0.25, -0.2) is 22.9 Å². The molecule has 2 atom stereocenters. The van der Waals surface area contributed by atoms with Crippen LogP contribution in [0.1, 0.15) is 55.6 Å². The number of halogens is 4. The zero-order valence-corrected chi connectivity index (χ0v) is 23.5. The lowest BCUT2D eigenvalue weighted by Gasteiger charge is -2.31. The highest BCUT2D eigenvalue weighted by Crippen LogP contribution is 2.39. The van der Waals surface area contributed by atoms with Crippen LogP contribution in [-0.4, -0.2) is 64.4 Å². The first-order valence-electron chi connectivity index (χ1n) is 12.5. The van der Waals surface area contributed by atoms with Crippen LogP contribution in [-0.2, 0) is 14.3 Å². The molecule has 2 N–H and O–H groups in total. The molecule has 8 nitrogen and oxygen atoms in total. The number of amidine groups is 1. The number of carbonyl (C=O) groups is 2. The van der Waals surface area contributed by atoms with Crippen molar-refractivity contribution in [2.45, 2.75) is 57.0 Å². The Morgan fingerprint density at radius 3 is 2.79 bits per heavy atom. The lowest BCUT2D eigenvalue weighted by molar-refractivity contribution is -0.139. The molecule has 0 amide bonds. The first-order chi connectivity index (χ1) is 18.6. The van der Waals surface area contributed by atoms with Gasteiger partial charge in [0.2, 0.25) is 0 Å². The molecule has 2 aliphatic rings. The van der Waals surface area contributed by atoms with Crippen molar-refractivity contribution in [3.63, 3.8) is 0 Å². The molecule has 2 aromatic rings. The standard InChI is InChI=1S/C26H28BrF3N4O4S/c1-2-38-25(37)21-19(13-34-14-26(29,30)12-16(34)5-3-4-6-20(35)36)32-23(24-31-9-10-39-24)33-22(21)17-8-7-15(28)11-18(17)27/h7-11,16,22H,2-6,12-14H2,1H3,(H,32,33)(H,35,36)/t16-,22+/m1/s1. The van der Waals surface area contributed by atoms with Gasteiger partial charge in [-0.05, 0) is 37.5 Å². The molecule has 210 valence electrons. The summed E-state index contributed by atoms with van der Waals surface area (Å²) < 4.78 is 48.9. The van der Waals surface area contributed by atoms with Crippen LogP contribution in [0.4, 0.5) is 13.2 Å². The van der Waals surface area contributed by atoms with Gasteiger partial charge >= 0.3 is 11.9 Å². The average molecular weight is 629 g/mol. The molecule has 0 saturated carbocycles. The molecule has 0 bridgehead atoms. The number of unbranched alkanes of at least 4 members (excludes halogenated alkanes) is 1. The second kappa shape index (κ2) is 12.6. The number of alkyl halides is 2. The van der Waals surface area contributed by atoms with Gasteiger partial charge in [-0.3, -0.25) is 14.7 Å². The number of benzene rings is 1. The Morgan fingerprint density at radius 1 is 1.33 bits per heavy atom. The van der Waals surface area contributed by atoms with E-state index in [1.165, 1.54) is 29.5 Å². The Morgan fingerprint density at radius 2 is 2.13 bits per heavy atom. The van der Waals surface area contributed by atoms with Crippen LogP contribution >= 0.6 is 27.3 Å². The van der Waals surface area contributed by atoms with E-state index in [9.17, 15) is 22.8 Å². The van der Waals surface area contributed by atoms with Gasteiger partial charge in [0, 0.05) is 47.2 Å². The van der Waals surface area contributed by atoms with Gasteiger partial charge in [0.25, 0.3) is 5.92 Å². The summed E-state index contributed by atoms with van der Waals surface area (Å²) in [7, 11) is 0. The third-order valence-corrected chi connectivity index (χ3v) is 8.00. The largest absolute Gasteiger partial charge is 0.481 e. The molecule has 0 spiro atoms. The number of hydrogen-bond acceptors (Lipinski definition) is 8. The maximum absolute atomic E-state index is 14.6. The van der Waals surface area contributed by atoms with E-state index < -0.39 is 42.3 Å². The fourth-order valence-corrected chi connectivity index (χ4v) is 6.02. The zero-order chi connectivity index (χ0) is 28.2. The fourth-order valence-electron chi connectivity index (χ4n) is 4.86. The van der Waals surface area contributed by atoms with Gasteiger partial charge in [0.1, 0.15) is 11.9 Å². The second-order valence-electron chi connectivity index (χ2n) is 9.38. The summed E-state index contributed by atoms with van der Waals surface area (Å²) in [4.78, 5) is 34.8. The Hall–Kier alpha value is -2.77. The zero-order valence-electron chi connectivity index (χ0n) is 21.1. The quantitative estimate of drug-likeness (QED) is 0.257. The van der Waals surface area contributed by atoms with Crippen LogP contribution in [0.2, 0.25) is 0 Å². The summed E-state index contributed by atoms with van der Waals surface area (Å²) in [5.74, 6) is -4.63. The minimum atomic E-state index is -2.93. The lowest BCUT2D eigenvalue weighted by atomic mass is 9.95. The fraction of sp³-hybridized carbons (Fsp3) is 0.462. The molecule has 2 aliphatic heterocycles. The SMILES string of the molecule is CCOC(=O)C1=C(CN2CC(F)(F)C[C@H]2CCCCC(=O)O)NC(c2nccs2)=N[C@H]1c1ccc(F)cc1Br. The van der Waals surface area contributed by atoms with Gasteiger partial charge in [-0.1, -0.05) is 28.4 Å². The van der Waals surface area contributed by atoms with E-state index in [4.69, 9.17) is 14.8 Å².